The van der Waals surface area contributed by atoms with E-state index in [0.717, 1.165) is 5.69 Å². The van der Waals surface area contributed by atoms with Crippen molar-refractivity contribution >= 4 is 17.3 Å². The molecule has 0 aliphatic carbocycles. The SMILES string of the molecule is CNc1ccc([N+](=O)[O-])c(NCc2cc(C)no2)n1. The number of aryl methyl sites for hydroxylation is 1. The summed E-state index contributed by atoms with van der Waals surface area (Å²) in [4.78, 5) is 14.5. The zero-order valence-electron chi connectivity index (χ0n) is 10.5. The first-order valence-corrected chi connectivity index (χ1v) is 5.59. The van der Waals surface area contributed by atoms with Crippen LogP contribution in [0.3, 0.4) is 0 Å². The average molecular weight is 263 g/mol. The number of nitrogens with zero attached hydrogens (tertiary/aromatic N) is 3. The molecule has 2 heterocycles. The van der Waals surface area contributed by atoms with Gasteiger partial charge >= 0.3 is 5.69 Å². The average Bonchev–Trinajstić information content (AvgIpc) is 2.81. The number of hydrogen-bond donors (Lipinski definition) is 2. The molecule has 0 unspecified atom stereocenters. The number of aromatic nitrogens is 2. The van der Waals surface area contributed by atoms with E-state index in [0.29, 0.717) is 11.6 Å². The van der Waals surface area contributed by atoms with Crippen LogP contribution >= 0.6 is 0 Å². The van der Waals surface area contributed by atoms with Crippen molar-refractivity contribution in [3.8, 4) is 0 Å². The fourth-order valence-corrected chi connectivity index (χ4v) is 1.54. The van der Waals surface area contributed by atoms with E-state index >= 15 is 0 Å². The number of pyridine rings is 1. The zero-order chi connectivity index (χ0) is 13.8. The van der Waals surface area contributed by atoms with Gasteiger partial charge in [-0.05, 0) is 13.0 Å². The van der Waals surface area contributed by atoms with Gasteiger partial charge in [0.05, 0.1) is 17.2 Å². The van der Waals surface area contributed by atoms with Crippen LogP contribution in [0.25, 0.3) is 0 Å². The minimum Gasteiger partial charge on any atom is -0.373 e. The topological polar surface area (TPSA) is 106 Å². The van der Waals surface area contributed by atoms with E-state index in [1.54, 1.807) is 26.1 Å². The second kappa shape index (κ2) is 5.34. The summed E-state index contributed by atoms with van der Waals surface area (Å²) >= 11 is 0. The van der Waals surface area contributed by atoms with Crippen molar-refractivity contribution in [3.05, 3.63) is 39.8 Å². The molecule has 2 aromatic heterocycles. The maximum absolute atomic E-state index is 10.9. The van der Waals surface area contributed by atoms with Crippen LogP contribution in [0.2, 0.25) is 0 Å². The molecule has 0 saturated carbocycles. The summed E-state index contributed by atoms with van der Waals surface area (Å²) in [7, 11) is 1.69. The molecule has 0 aromatic carbocycles. The second-order valence-electron chi connectivity index (χ2n) is 3.86. The molecule has 0 fully saturated rings. The molecule has 19 heavy (non-hydrogen) atoms. The first-order chi connectivity index (χ1) is 9.10. The highest BCUT2D eigenvalue weighted by Crippen LogP contribution is 2.24. The van der Waals surface area contributed by atoms with E-state index < -0.39 is 4.92 Å². The van der Waals surface area contributed by atoms with Gasteiger partial charge in [-0.25, -0.2) is 4.98 Å². The van der Waals surface area contributed by atoms with E-state index in [1.165, 1.54) is 6.07 Å². The van der Waals surface area contributed by atoms with Gasteiger partial charge in [-0.3, -0.25) is 10.1 Å². The Labute approximate surface area is 109 Å². The first-order valence-electron chi connectivity index (χ1n) is 5.59. The van der Waals surface area contributed by atoms with Crippen LogP contribution in [0, 0.1) is 17.0 Å². The van der Waals surface area contributed by atoms with E-state index in [9.17, 15) is 10.1 Å². The van der Waals surface area contributed by atoms with Gasteiger partial charge < -0.3 is 15.2 Å². The first kappa shape index (κ1) is 12.8. The number of nitrogens with one attached hydrogen (secondary N) is 2. The molecule has 0 aliphatic heterocycles. The maximum Gasteiger partial charge on any atom is 0.311 e. The summed E-state index contributed by atoms with van der Waals surface area (Å²) in [5, 5.41) is 20.3. The van der Waals surface area contributed by atoms with Gasteiger partial charge in [-0.1, -0.05) is 5.16 Å². The highest BCUT2D eigenvalue weighted by atomic mass is 16.6. The summed E-state index contributed by atoms with van der Waals surface area (Å²) in [6.45, 7) is 2.08. The molecular formula is C11H13N5O3. The van der Waals surface area contributed by atoms with Crippen molar-refractivity contribution < 1.29 is 9.45 Å². The van der Waals surface area contributed by atoms with Crippen LogP contribution in [0.1, 0.15) is 11.5 Å². The minimum atomic E-state index is -0.486. The summed E-state index contributed by atoms with van der Waals surface area (Å²) in [5.74, 6) is 1.32. The number of hydrogen-bond acceptors (Lipinski definition) is 7. The lowest BCUT2D eigenvalue weighted by molar-refractivity contribution is -0.384. The lowest BCUT2D eigenvalue weighted by Gasteiger charge is -2.06. The number of anilines is 2. The Morgan fingerprint density at radius 2 is 2.26 bits per heavy atom. The normalized spacial score (nSPS) is 10.2. The zero-order valence-corrected chi connectivity index (χ0v) is 10.5. The second-order valence-corrected chi connectivity index (χ2v) is 3.86. The molecule has 0 saturated heterocycles. The molecule has 0 aliphatic rings. The highest BCUT2D eigenvalue weighted by molar-refractivity contribution is 5.60. The Kier molecular flexibility index (Phi) is 3.60. The Bertz CT molecular complexity index is 596. The molecule has 0 amide bonds. The third-order valence-electron chi connectivity index (χ3n) is 2.43. The van der Waals surface area contributed by atoms with Crippen LogP contribution in [0.4, 0.5) is 17.3 Å². The standard InChI is InChI=1S/C11H13N5O3/c1-7-5-8(19-15-7)6-13-11-9(16(17)18)3-4-10(12-2)14-11/h3-5H,6H2,1-2H3,(H2,12,13,14). The molecule has 2 N–H and O–H groups in total. The third kappa shape index (κ3) is 2.97. The van der Waals surface area contributed by atoms with Crippen molar-refractivity contribution in [2.75, 3.05) is 17.7 Å². The lowest BCUT2D eigenvalue weighted by Crippen LogP contribution is -2.05. The van der Waals surface area contributed by atoms with Gasteiger partial charge in [0.15, 0.2) is 5.76 Å². The smallest absolute Gasteiger partial charge is 0.311 e. The fourth-order valence-electron chi connectivity index (χ4n) is 1.54. The highest BCUT2D eigenvalue weighted by Gasteiger charge is 2.16. The van der Waals surface area contributed by atoms with Crippen molar-refractivity contribution in [2.45, 2.75) is 13.5 Å². The Hall–Kier alpha value is -2.64. The van der Waals surface area contributed by atoms with Gasteiger partial charge in [0.1, 0.15) is 5.82 Å². The van der Waals surface area contributed by atoms with E-state index in [-0.39, 0.29) is 18.1 Å². The van der Waals surface area contributed by atoms with Crippen LogP contribution < -0.4 is 10.6 Å². The molecule has 2 aromatic rings. The molecule has 0 bridgehead atoms. The minimum absolute atomic E-state index is 0.0877. The summed E-state index contributed by atoms with van der Waals surface area (Å²) < 4.78 is 5.02. The van der Waals surface area contributed by atoms with Crippen molar-refractivity contribution in [2.24, 2.45) is 0 Å². The van der Waals surface area contributed by atoms with Crippen LogP contribution in [0.15, 0.2) is 22.7 Å². The van der Waals surface area contributed by atoms with Gasteiger partial charge in [0.25, 0.3) is 0 Å². The fraction of sp³-hybridized carbons (Fsp3) is 0.273. The van der Waals surface area contributed by atoms with Crippen LogP contribution in [0.5, 0.6) is 0 Å². The quantitative estimate of drug-likeness (QED) is 0.627. The Morgan fingerprint density at radius 1 is 1.47 bits per heavy atom. The third-order valence-corrected chi connectivity index (χ3v) is 2.43. The van der Waals surface area contributed by atoms with Crippen molar-refractivity contribution in [3.63, 3.8) is 0 Å². The summed E-state index contributed by atoms with van der Waals surface area (Å²) in [6.07, 6.45) is 0. The number of rotatable bonds is 5. The lowest BCUT2D eigenvalue weighted by atomic mass is 10.3. The van der Waals surface area contributed by atoms with E-state index in [1.807, 2.05) is 0 Å². The van der Waals surface area contributed by atoms with Crippen molar-refractivity contribution in [1.82, 2.24) is 10.1 Å². The maximum atomic E-state index is 10.9. The monoisotopic (exact) mass is 263 g/mol. The molecule has 0 radical (unpaired) electrons. The van der Waals surface area contributed by atoms with Crippen LogP contribution in [-0.2, 0) is 6.54 Å². The summed E-state index contributed by atoms with van der Waals surface area (Å²) in [6, 6.07) is 4.69. The number of nitro groups is 1. The molecule has 2 rings (SSSR count). The molecule has 0 spiro atoms. The molecule has 100 valence electrons. The molecule has 8 nitrogen and oxygen atoms in total. The Balaban J connectivity index is 2.19. The van der Waals surface area contributed by atoms with Gasteiger partial charge in [0.2, 0.25) is 5.82 Å². The largest absolute Gasteiger partial charge is 0.373 e. The summed E-state index contributed by atoms with van der Waals surface area (Å²) in [5.41, 5.74) is 0.665. The van der Waals surface area contributed by atoms with Crippen molar-refractivity contribution in [1.29, 1.82) is 0 Å². The Morgan fingerprint density at radius 3 is 2.84 bits per heavy atom. The van der Waals surface area contributed by atoms with Gasteiger partial charge in [-0.15, -0.1) is 0 Å². The molecule has 0 atom stereocenters. The predicted octanol–water partition coefficient (Wildman–Crippen LogP) is 1.94. The van der Waals surface area contributed by atoms with E-state index in [4.69, 9.17) is 4.52 Å². The predicted molar refractivity (Wildman–Crippen MR) is 69.0 cm³/mol. The van der Waals surface area contributed by atoms with Gasteiger partial charge in [0, 0.05) is 19.2 Å². The van der Waals surface area contributed by atoms with Crippen LogP contribution in [-0.4, -0.2) is 22.1 Å². The molecule has 8 heteroatoms. The van der Waals surface area contributed by atoms with Gasteiger partial charge in [-0.2, -0.15) is 0 Å². The van der Waals surface area contributed by atoms with E-state index in [2.05, 4.69) is 20.8 Å². The molecular weight excluding hydrogens is 250 g/mol.